The number of amides is 1. The van der Waals surface area contributed by atoms with Crippen molar-refractivity contribution in [1.82, 2.24) is 5.32 Å². The zero-order chi connectivity index (χ0) is 11.6. The van der Waals surface area contributed by atoms with Crippen molar-refractivity contribution in [3.8, 4) is 0 Å². The number of cyclic esters (lactones) is 1. The van der Waals surface area contributed by atoms with E-state index in [4.69, 9.17) is 5.11 Å². The number of hydrogen-bond donors (Lipinski definition) is 4. The van der Waals surface area contributed by atoms with Crippen LogP contribution < -0.4 is 5.32 Å². The summed E-state index contributed by atoms with van der Waals surface area (Å²) in [6.07, 6.45) is -4.05. The van der Waals surface area contributed by atoms with Gasteiger partial charge in [-0.3, -0.25) is 4.79 Å². The molecule has 4 atom stereocenters. The molecule has 15 heavy (non-hydrogen) atoms. The van der Waals surface area contributed by atoms with Crippen molar-refractivity contribution in [2.75, 3.05) is 6.61 Å². The SMILES string of the molecule is CC(=O)N[C@H]1C(=O)O[C@H](CO)[C@@H](O)[C@@H]1O. The van der Waals surface area contributed by atoms with Crippen molar-refractivity contribution < 1.29 is 29.6 Å². The topological polar surface area (TPSA) is 116 Å². The Labute approximate surface area is 85.7 Å². The van der Waals surface area contributed by atoms with Gasteiger partial charge in [-0.05, 0) is 0 Å². The monoisotopic (exact) mass is 219 g/mol. The standard InChI is InChI=1S/C8H13NO6/c1-3(11)9-5-7(13)6(12)4(2-10)15-8(5)14/h4-7,10,12-13H,2H2,1H3,(H,9,11)/t4-,5-,6-,7-/m1/s1. The van der Waals surface area contributed by atoms with Crippen LogP contribution in [0, 0.1) is 0 Å². The number of esters is 1. The molecule has 1 saturated heterocycles. The summed E-state index contributed by atoms with van der Waals surface area (Å²) in [4.78, 5) is 21.9. The zero-order valence-corrected chi connectivity index (χ0v) is 8.08. The van der Waals surface area contributed by atoms with E-state index in [2.05, 4.69) is 10.1 Å². The number of ether oxygens (including phenoxy) is 1. The molecule has 0 spiro atoms. The van der Waals surface area contributed by atoms with Crippen LogP contribution in [0.2, 0.25) is 0 Å². The van der Waals surface area contributed by atoms with Crippen molar-refractivity contribution in [3.63, 3.8) is 0 Å². The number of aliphatic hydroxyl groups is 3. The number of rotatable bonds is 2. The molecule has 1 rings (SSSR count). The minimum Gasteiger partial charge on any atom is -0.455 e. The van der Waals surface area contributed by atoms with E-state index in [1.54, 1.807) is 0 Å². The number of carbonyl (C=O) groups excluding carboxylic acids is 2. The molecule has 0 radical (unpaired) electrons. The van der Waals surface area contributed by atoms with Gasteiger partial charge in [0.1, 0.15) is 12.2 Å². The maximum atomic E-state index is 11.2. The molecule has 86 valence electrons. The molecule has 7 nitrogen and oxygen atoms in total. The quantitative estimate of drug-likeness (QED) is 0.371. The van der Waals surface area contributed by atoms with Gasteiger partial charge in [-0.25, -0.2) is 4.79 Å². The third-order valence-corrected chi connectivity index (χ3v) is 2.13. The minimum absolute atomic E-state index is 0.523. The Kier molecular flexibility index (Phi) is 3.61. The van der Waals surface area contributed by atoms with Crippen LogP contribution in [0.4, 0.5) is 0 Å². The second-order valence-electron chi connectivity index (χ2n) is 3.32. The van der Waals surface area contributed by atoms with E-state index in [0.717, 1.165) is 0 Å². The Morgan fingerprint density at radius 1 is 1.47 bits per heavy atom. The molecule has 0 aromatic heterocycles. The third kappa shape index (κ3) is 2.44. The highest BCUT2D eigenvalue weighted by Gasteiger charge is 2.44. The lowest BCUT2D eigenvalue weighted by Gasteiger charge is -2.35. The van der Waals surface area contributed by atoms with Crippen molar-refractivity contribution in [2.45, 2.75) is 31.3 Å². The lowest BCUT2D eigenvalue weighted by Crippen LogP contribution is -2.62. The molecule has 4 N–H and O–H groups in total. The predicted molar refractivity (Wildman–Crippen MR) is 46.6 cm³/mol. The van der Waals surface area contributed by atoms with Gasteiger partial charge in [0.05, 0.1) is 6.61 Å². The van der Waals surface area contributed by atoms with Gasteiger partial charge in [-0.15, -0.1) is 0 Å². The first kappa shape index (κ1) is 11.9. The molecule has 1 heterocycles. The smallest absolute Gasteiger partial charge is 0.331 e. The van der Waals surface area contributed by atoms with Crippen molar-refractivity contribution in [1.29, 1.82) is 0 Å². The summed E-state index contributed by atoms with van der Waals surface area (Å²) in [6.45, 7) is 0.585. The zero-order valence-electron chi connectivity index (χ0n) is 8.08. The summed E-state index contributed by atoms with van der Waals surface area (Å²) in [5, 5.41) is 29.8. The van der Waals surface area contributed by atoms with E-state index in [1.165, 1.54) is 6.92 Å². The second-order valence-corrected chi connectivity index (χ2v) is 3.32. The molecular formula is C8H13NO6. The Morgan fingerprint density at radius 3 is 2.53 bits per heavy atom. The Hall–Kier alpha value is -1.18. The van der Waals surface area contributed by atoms with E-state index >= 15 is 0 Å². The summed E-state index contributed by atoms with van der Waals surface area (Å²) in [6, 6.07) is -1.29. The molecular weight excluding hydrogens is 206 g/mol. The Bertz CT molecular complexity index is 268. The average molecular weight is 219 g/mol. The van der Waals surface area contributed by atoms with Crippen LogP contribution in [-0.2, 0) is 14.3 Å². The number of carbonyl (C=O) groups is 2. The van der Waals surface area contributed by atoms with Crippen LogP contribution in [0.25, 0.3) is 0 Å². The molecule has 1 aliphatic rings. The molecule has 0 aliphatic carbocycles. The molecule has 1 fully saturated rings. The summed E-state index contributed by atoms with van der Waals surface area (Å²) >= 11 is 0. The van der Waals surface area contributed by atoms with Crippen LogP contribution in [-0.4, -0.2) is 58.2 Å². The van der Waals surface area contributed by atoms with Crippen molar-refractivity contribution >= 4 is 11.9 Å². The van der Waals surface area contributed by atoms with Crippen molar-refractivity contribution in [2.24, 2.45) is 0 Å². The van der Waals surface area contributed by atoms with E-state index in [0.29, 0.717) is 0 Å². The number of aliphatic hydroxyl groups excluding tert-OH is 3. The van der Waals surface area contributed by atoms with Gasteiger partial charge in [-0.1, -0.05) is 0 Å². The van der Waals surface area contributed by atoms with Crippen LogP contribution in [0.3, 0.4) is 0 Å². The van der Waals surface area contributed by atoms with Crippen LogP contribution >= 0.6 is 0 Å². The lowest BCUT2D eigenvalue weighted by molar-refractivity contribution is -0.189. The number of hydrogen-bond acceptors (Lipinski definition) is 6. The lowest BCUT2D eigenvalue weighted by atomic mass is 9.98. The fourth-order valence-electron chi connectivity index (χ4n) is 1.36. The van der Waals surface area contributed by atoms with Crippen molar-refractivity contribution in [3.05, 3.63) is 0 Å². The molecule has 0 bridgehead atoms. The van der Waals surface area contributed by atoms with Gasteiger partial charge in [0.2, 0.25) is 5.91 Å². The number of nitrogens with one attached hydrogen (secondary N) is 1. The minimum atomic E-state index is -1.48. The van der Waals surface area contributed by atoms with E-state index in [1.807, 2.05) is 0 Å². The fraction of sp³-hybridized carbons (Fsp3) is 0.750. The fourth-order valence-corrected chi connectivity index (χ4v) is 1.36. The maximum absolute atomic E-state index is 11.2. The highest BCUT2D eigenvalue weighted by Crippen LogP contribution is 2.16. The van der Waals surface area contributed by atoms with E-state index < -0.39 is 42.8 Å². The maximum Gasteiger partial charge on any atom is 0.331 e. The third-order valence-electron chi connectivity index (χ3n) is 2.13. The van der Waals surface area contributed by atoms with Gasteiger partial charge in [0.25, 0.3) is 0 Å². The van der Waals surface area contributed by atoms with E-state index in [9.17, 15) is 19.8 Å². The molecule has 0 saturated carbocycles. The second kappa shape index (κ2) is 4.56. The van der Waals surface area contributed by atoms with Gasteiger partial charge < -0.3 is 25.4 Å². The largest absolute Gasteiger partial charge is 0.455 e. The first-order valence-corrected chi connectivity index (χ1v) is 4.42. The summed E-state index contributed by atoms with van der Waals surface area (Å²) in [5.74, 6) is -1.40. The van der Waals surface area contributed by atoms with E-state index in [-0.39, 0.29) is 0 Å². The highest BCUT2D eigenvalue weighted by atomic mass is 16.6. The summed E-state index contributed by atoms with van der Waals surface area (Å²) in [5.41, 5.74) is 0. The molecule has 0 unspecified atom stereocenters. The Morgan fingerprint density at radius 2 is 2.07 bits per heavy atom. The van der Waals surface area contributed by atoms with Gasteiger partial charge in [0.15, 0.2) is 12.1 Å². The highest BCUT2D eigenvalue weighted by molar-refractivity contribution is 5.84. The molecule has 0 aromatic carbocycles. The van der Waals surface area contributed by atoms with Gasteiger partial charge in [0, 0.05) is 6.92 Å². The Balaban J connectivity index is 2.74. The van der Waals surface area contributed by atoms with Crippen LogP contribution in [0.1, 0.15) is 6.92 Å². The molecule has 0 aromatic rings. The van der Waals surface area contributed by atoms with Gasteiger partial charge >= 0.3 is 5.97 Å². The normalized spacial score (nSPS) is 35.9. The average Bonchev–Trinajstić information content (AvgIpc) is 2.18. The first-order chi connectivity index (χ1) is 6.97. The predicted octanol–water partition coefficient (Wildman–Crippen LogP) is -2.87. The first-order valence-electron chi connectivity index (χ1n) is 4.42. The van der Waals surface area contributed by atoms with Gasteiger partial charge in [-0.2, -0.15) is 0 Å². The molecule has 1 aliphatic heterocycles. The summed E-state index contributed by atoms with van der Waals surface area (Å²) < 4.78 is 4.62. The molecule has 1 amide bonds. The molecule has 7 heteroatoms. The van der Waals surface area contributed by atoms with Crippen LogP contribution in [0.5, 0.6) is 0 Å². The van der Waals surface area contributed by atoms with Crippen LogP contribution in [0.15, 0.2) is 0 Å². The summed E-state index contributed by atoms with van der Waals surface area (Å²) in [7, 11) is 0.